The monoisotopic (exact) mass is 213 g/mol. The summed E-state index contributed by atoms with van der Waals surface area (Å²) < 4.78 is 1.98. The number of hydrogen-bond acceptors (Lipinski definition) is 3. The molecule has 1 saturated carbocycles. The van der Waals surface area contributed by atoms with E-state index in [2.05, 4.69) is 9.98 Å². The highest BCUT2D eigenvalue weighted by Crippen LogP contribution is 2.51. The molecule has 0 radical (unpaired) electrons. The van der Waals surface area contributed by atoms with Gasteiger partial charge in [-0.2, -0.15) is 4.99 Å². The van der Waals surface area contributed by atoms with Crippen molar-refractivity contribution in [2.75, 3.05) is 0 Å². The molecule has 2 heterocycles. The van der Waals surface area contributed by atoms with Crippen LogP contribution >= 0.6 is 0 Å². The largest absolute Gasteiger partial charge is 0.335 e. The molecule has 0 spiro atoms. The van der Waals surface area contributed by atoms with Crippen LogP contribution in [0.25, 0.3) is 11.0 Å². The first-order valence-electron chi connectivity index (χ1n) is 5.26. The van der Waals surface area contributed by atoms with Gasteiger partial charge in [0, 0.05) is 30.4 Å². The standard InChI is InChI=1S/C12H11N3O/c1-15-7-10(12(4-5-12)14-8-16)9-3-2-6-13-11(9)15/h2-3,6-7H,4-5H2,1H3. The van der Waals surface area contributed by atoms with Crippen molar-refractivity contribution < 1.29 is 4.79 Å². The van der Waals surface area contributed by atoms with Crippen LogP contribution < -0.4 is 0 Å². The highest BCUT2D eigenvalue weighted by molar-refractivity contribution is 5.82. The lowest BCUT2D eigenvalue weighted by molar-refractivity contribution is 0.556. The third-order valence-corrected chi connectivity index (χ3v) is 3.22. The van der Waals surface area contributed by atoms with E-state index in [1.54, 1.807) is 12.3 Å². The van der Waals surface area contributed by atoms with Crippen LogP contribution in [-0.4, -0.2) is 15.6 Å². The Hall–Kier alpha value is -1.93. The zero-order valence-electron chi connectivity index (χ0n) is 8.97. The van der Waals surface area contributed by atoms with Gasteiger partial charge in [-0.1, -0.05) is 0 Å². The third kappa shape index (κ3) is 1.14. The molecule has 2 aromatic heterocycles. The summed E-state index contributed by atoms with van der Waals surface area (Å²) in [6.45, 7) is 0. The fourth-order valence-electron chi connectivity index (χ4n) is 2.23. The van der Waals surface area contributed by atoms with Crippen LogP contribution in [0.1, 0.15) is 18.4 Å². The van der Waals surface area contributed by atoms with E-state index in [0.29, 0.717) is 0 Å². The number of aromatic nitrogens is 2. The van der Waals surface area contributed by atoms with Gasteiger partial charge in [-0.15, -0.1) is 0 Å². The summed E-state index contributed by atoms with van der Waals surface area (Å²) in [6.07, 6.45) is 7.33. The van der Waals surface area contributed by atoms with Gasteiger partial charge in [0.1, 0.15) is 11.2 Å². The van der Waals surface area contributed by atoms with Crippen LogP contribution in [0.4, 0.5) is 0 Å². The van der Waals surface area contributed by atoms with E-state index >= 15 is 0 Å². The van der Waals surface area contributed by atoms with Gasteiger partial charge in [0.2, 0.25) is 6.08 Å². The Morgan fingerprint density at radius 3 is 3.06 bits per heavy atom. The molecule has 80 valence electrons. The normalized spacial score (nSPS) is 17.1. The van der Waals surface area contributed by atoms with E-state index in [1.165, 1.54) is 0 Å². The SMILES string of the molecule is Cn1cc(C2(N=C=O)CC2)c2cccnc21. The first-order chi connectivity index (χ1) is 7.77. The minimum absolute atomic E-state index is 0.315. The number of carbonyl (C=O) groups excluding carboxylic acids is 1. The molecule has 0 aliphatic heterocycles. The Kier molecular flexibility index (Phi) is 1.76. The number of rotatable bonds is 2. The molecule has 2 aromatic rings. The van der Waals surface area contributed by atoms with Crippen molar-refractivity contribution in [1.82, 2.24) is 9.55 Å². The van der Waals surface area contributed by atoms with E-state index < -0.39 is 0 Å². The lowest BCUT2D eigenvalue weighted by Gasteiger charge is -2.04. The lowest BCUT2D eigenvalue weighted by Crippen LogP contribution is -2.00. The summed E-state index contributed by atoms with van der Waals surface area (Å²) in [6, 6.07) is 3.94. The Morgan fingerprint density at radius 2 is 2.38 bits per heavy atom. The summed E-state index contributed by atoms with van der Waals surface area (Å²) in [5.41, 5.74) is 1.72. The predicted octanol–water partition coefficient (Wildman–Crippen LogP) is 1.90. The van der Waals surface area contributed by atoms with Gasteiger partial charge in [-0.25, -0.2) is 9.78 Å². The maximum absolute atomic E-state index is 10.5. The van der Waals surface area contributed by atoms with Crippen LogP contribution in [0.15, 0.2) is 29.5 Å². The molecule has 0 bridgehead atoms. The van der Waals surface area contributed by atoms with Gasteiger partial charge in [-0.3, -0.25) is 0 Å². The third-order valence-electron chi connectivity index (χ3n) is 3.22. The molecule has 1 aliphatic rings. The molecular formula is C12H11N3O. The molecule has 0 atom stereocenters. The van der Waals surface area contributed by atoms with Crippen LogP contribution in [0, 0.1) is 0 Å². The van der Waals surface area contributed by atoms with Gasteiger partial charge in [-0.05, 0) is 25.0 Å². The van der Waals surface area contributed by atoms with Gasteiger partial charge >= 0.3 is 0 Å². The summed E-state index contributed by atoms with van der Waals surface area (Å²) in [4.78, 5) is 18.7. The Bertz CT molecular complexity index is 604. The summed E-state index contributed by atoms with van der Waals surface area (Å²) in [5.74, 6) is 0. The second-order valence-corrected chi connectivity index (χ2v) is 4.26. The van der Waals surface area contributed by atoms with E-state index in [1.807, 2.05) is 29.9 Å². The van der Waals surface area contributed by atoms with Gasteiger partial charge in [0.15, 0.2) is 0 Å². The fourth-order valence-corrected chi connectivity index (χ4v) is 2.23. The van der Waals surface area contributed by atoms with Crippen molar-refractivity contribution in [3.05, 3.63) is 30.1 Å². The first-order valence-corrected chi connectivity index (χ1v) is 5.26. The van der Waals surface area contributed by atoms with Crippen LogP contribution in [0.3, 0.4) is 0 Å². The minimum atomic E-state index is -0.315. The topological polar surface area (TPSA) is 47.2 Å². The fraction of sp³-hybridized carbons (Fsp3) is 0.333. The Labute approximate surface area is 92.6 Å². The van der Waals surface area contributed by atoms with Gasteiger partial charge in [0.25, 0.3) is 0 Å². The van der Waals surface area contributed by atoms with Crippen molar-refractivity contribution in [3.63, 3.8) is 0 Å². The highest BCUT2D eigenvalue weighted by atomic mass is 16.1. The van der Waals surface area contributed by atoms with E-state index in [4.69, 9.17) is 0 Å². The van der Waals surface area contributed by atoms with Crippen LogP contribution in [-0.2, 0) is 17.4 Å². The maximum atomic E-state index is 10.5. The van der Waals surface area contributed by atoms with Gasteiger partial charge in [0.05, 0.1) is 0 Å². The molecule has 4 nitrogen and oxygen atoms in total. The number of aryl methyl sites for hydroxylation is 1. The number of hydrogen-bond donors (Lipinski definition) is 0. The summed E-state index contributed by atoms with van der Waals surface area (Å²) in [5, 5.41) is 1.08. The number of pyridine rings is 1. The minimum Gasteiger partial charge on any atom is -0.335 e. The van der Waals surface area contributed by atoms with E-state index in [9.17, 15) is 4.79 Å². The van der Waals surface area contributed by atoms with Crippen molar-refractivity contribution in [2.45, 2.75) is 18.4 Å². The molecule has 0 aromatic carbocycles. The summed E-state index contributed by atoms with van der Waals surface area (Å²) in [7, 11) is 1.96. The molecule has 0 N–H and O–H groups in total. The number of nitrogens with zero attached hydrogens (tertiary/aromatic N) is 3. The smallest absolute Gasteiger partial charge is 0.235 e. The average molecular weight is 213 g/mol. The second kappa shape index (κ2) is 3.03. The second-order valence-electron chi connectivity index (χ2n) is 4.26. The number of fused-ring (bicyclic) bond motifs is 1. The lowest BCUT2D eigenvalue weighted by atomic mass is 10.1. The molecule has 0 amide bonds. The zero-order valence-corrected chi connectivity index (χ0v) is 8.97. The molecular weight excluding hydrogens is 202 g/mol. The highest BCUT2D eigenvalue weighted by Gasteiger charge is 2.46. The molecule has 0 unspecified atom stereocenters. The van der Waals surface area contributed by atoms with Crippen molar-refractivity contribution in [3.8, 4) is 0 Å². The quantitative estimate of drug-likeness (QED) is 0.565. The zero-order chi connectivity index (χ0) is 11.2. The molecule has 16 heavy (non-hydrogen) atoms. The van der Waals surface area contributed by atoms with Crippen LogP contribution in [0.2, 0.25) is 0 Å². The number of isocyanates is 1. The Balaban J connectivity index is 2.29. The molecule has 1 fully saturated rings. The molecule has 1 aliphatic carbocycles. The van der Waals surface area contributed by atoms with E-state index in [-0.39, 0.29) is 5.54 Å². The van der Waals surface area contributed by atoms with E-state index in [0.717, 1.165) is 29.4 Å². The first kappa shape index (κ1) is 9.31. The maximum Gasteiger partial charge on any atom is 0.235 e. The summed E-state index contributed by atoms with van der Waals surface area (Å²) >= 11 is 0. The van der Waals surface area contributed by atoms with Crippen molar-refractivity contribution >= 4 is 17.1 Å². The average Bonchev–Trinajstić information content (AvgIpc) is 2.99. The molecule has 4 heteroatoms. The predicted molar refractivity (Wildman–Crippen MR) is 59.7 cm³/mol. The van der Waals surface area contributed by atoms with Crippen molar-refractivity contribution in [1.29, 1.82) is 0 Å². The van der Waals surface area contributed by atoms with Crippen LogP contribution in [0.5, 0.6) is 0 Å². The van der Waals surface area contributed by atoms with Gasteiger partial charge < -0.3 is 4.57 Å². The van der Waals surface area contributed by atoms with Crippen molar-refractivity contribution in [2.24, 2.45) is 12.0 Å². The molecule has 0 saturated heterocycles. The Morgan fingerprint density at radius 1 is 1.56 bits per heavy atom. The molecule has 3 rings (SSSR count). The number of aliphatic imine (C=N–C) groups is 1.